The van der Waals surface area contributed by atoms with Crippen molar-refractivity contribution < 1.29 is 0 Å². The largest absolute Gasteiger partial charge is 0.353 e. The van der Waals surface area contributed by atoms with Crippen LogP contribution in [0.15, 0.2) is 63.6 Å². The number of aryl methyl sites for hydroxylation is 1. The number of nitrogens with zero attached hydrogens (tertiary/aromatic N) is 2. The van der Waals surface area contributed by atoms with Crippen molar-refractivity contribution in [3.63, 3.8) is 0 Å². The third-order valence-corrected chi connectivity index (χ3v) is 5.68. The topological polar surface area (TPSA) is 40.5 Å². The highest BCUT2D eigenvalue weighted by atomic mass is 32.2. The number of fused-ring (bicyclic) bond motifs is 3. The molecule has 2 aromatic carbocycles. The van der Waals surface area contributed by atoms with Crippen LogP contribution in [0.5, 0.6) is 0 Å². The molecule has 3 aromatic rings. The molecular weight excluding hydrogens is 326 g/mol. The van der Waals surface area contributed by atoms with Crippen molar-refractivity contribution in [3.05, 3.63) is 65.4 Å². The number of aromatic nitrogens is 1. The Morgan fingerprint density at radius 3 is 2.72 bits per heavy atom. The number of thioether (sulfide) groups is 1. The quantitative estimate of drug-likeness (QED) is 0.477. The maximum absolute atomic E-state index is 4.57. The zero-order valence-corrected chi connectivity index (χ0v) is 15.5. The Morgan fingerprint density at radius 1 is 1.12 bits per heavy atom. The fourth-order valence-electron chi connectivity index (χ4n) is 3.18. The van der Waals surface area contributed by atoms with Gasteiger partial charge in [-0.1, -0.05) is 42.0 Å². The summed E-state index contributed by atoms with van der Waals surface area (Å²) in [6.07, 6.45) is 2.71. The fraction of sp³-hybridized carbons (Fsp3) is 0.238. The summed E-state index contributed by atoms with van der Waals surface area (Å²) < 4.78 is 0.104. The van der Waals surface area contributed by atoms with Gasteiger partial charge in [0.25, 0.3) is 0 Å². The molecule has 0 saturated heterocycles. The van der Waals surface area contributed by atoms with Gasteiger partial charge in [0.2, 0.25) is 0 Å². The summed E-state index contributed by atoms with van der Waals surface area (Å²) in [4.78, 5) is 4.85. The second kappa shape index (κ2) is 6.19. The molecule has 4 heteroatoms. The van der Waals surface area contributed by atoms with Gasteiger partial charge in [-0.15, -0.1) is 11.8 Å². The van der Waals surface area contributed by atoms with E-state index in [1.807, 2.05) is 48.3 Å². The van der Waals surface area contributed by atoms with Crippen molar-refractivity contribution in [3.8, 4) is 0 Å². The van der Waals surface area contributed by atoms with Crippen LogP contribution in [0.25, 0.3) is 10.9 Å². The van der Waals surface area contributed by atoms with Gasteiger partial charge in [0, 0.05) is 27.0 Å². The van der Waals surface area contributed by atoms with Crippen molar-refractivity contribution in [2.24, 2.45) is 10.2 Å². The third kappa shape index (κ3) is 3.27. The van der Waals surface area contributed by atoms with Crippen LogP contribution in [0.1, 0.15) is 37.1 Å². The van der Waals surface area contributed by atoms with Gasteiger partial charge in [-0.25, -0.2) is 0 Å². The Kier molecular flexibility index (Phi) is 4.00. The van der Waals surface area contributed by atoms with Gasteiger partial charge in [-0.2, -0.15) is 10.2 Å². The van der Waals surface area contributed by atoms with Crippen LogP contribution >= 0.6 is 11.8 Å². The lowest BCUT2D eigenvalue weighted by molar-refractivity contribution is 0.737. The van der Waals surface area contributed by atoms with E-state index in [0.717, 1.165) is 23.4 Å². The van der Waals surface area contributed by atoms with E-state index in [1.54, 1.807) is 0 Å². The molecule has 0 saturated carbocycles. The van der Waals surface area contributed by atoms with Crippen molar-refractivity contribution in [2.45, 2.75) is 36.8 Å². The van der Waals surface area contributed by atoms with Gasteiger partial charge in [0.1, 0.15) is 0 Å². The van der Waals surface area contributed by atoms with E-state index in [0.29, 0.717) is 0 Å². The number of hydrogen-bond donors (Lipinski definition) is 1. The summed E-state index contributed by atoms with van der Waals surface area (Å²) in [7, 11) is 0. The minimum atomic E-state index is 0.104. The number of hydrogen-bond acceptors (Lipinski definition) is 3. The highest BCUT2D eigenvalue weighted by molar-refractivity contribution is 8.01. The van der Waals surface area contributed by atoms with E-state index in [4.69, 9.17) is 0 Å². The molecule has 0 bridgehead atoms. The molecule has 0 atom stereocenters. The maximum atomic E-state index is 4.57. The van der Waals surface area contributed by atoms with Crippen LogP contribution < -0.4 is 0 Å². The minimum Gasteiger partial charge on any atom is -0.353 e. The first kappa shape index (κ1) is 16.2. The van der Waals surface area contributed by atoms with Gasteiger partial charge >= 0.3 is 0 Å². The molecule has 0 aliphatic carbocycles. The first-order valence-corrected chi connectivity index (χ1v) is 9.30. The molecule has 4 rings (SSSR count). The summed E-state index contributed by atoms with van der Waals surface area (Å²) in [6.45, 7) is 6.67. The van der Waals surface area contributed by atoms with Crippen LogP contribution in [0.3, 0.4) is 0 Å². The average Bonchev–Trinajstić information content (AvgIpc) is 2.93. The predicted octanol–water partition coefficient (Wildman–Crippen LogP) is 5.57. The molecule has 0 amide bonds. The molecule has 1 aromatic heterocycles. The third-order valence-electron chi connectivity index (χ3n) is 4.35. The molecular formula is C21H21N3S. The lowest BCUT2D eigenvalue weighted by Gasteiger charge is -2.29. The molecule has 2 heterocycles. The number of aromatic amines is 1. The summed E-state index contributed by atoms with van der Waals surface area (Å²) in [5.41, 5.74) is 5.65. The first-order chi connectivity index (χ1) is 12.0. The second-order valence-electron chi connectivity index (χ2n) is 7.12. The van der Waals surface area contributed by atoms with E-state index in [1.165, 1.54) is 21.4 Å². The Bertz CT molecular complexity index is 981. The minimum absolute atomic E-state index is 0.104. The average molecular weight is 347 g/mol. The second-order valence-corrected chi connectivity index (χ2v) is 8.84. The maximum Gasteiger partial charge on any atom is 0.0890 e. The number of nitrogens with one attached hydrogen (secondary N) is 1. The normalized spacial score (nSPS) is 18.1. The highest BCUT2D eigenvalue weighted by Crippen LogP contribution is 2.46. The highest BCUT2D eigenvalue weighted by Gasteiger charge is 2.33. The van der Waals surface area contributed by atoms with E-state index in [2.05, 4.69) is 54.2 Å². The monoisotopic (exact) mass is 347 g/mol. The SMILES string of the molecule is Cc1ccc2[nH]c3c(c2c1)SC(C)(C)C/C3=N\N=C\c1ccccc1. The Labute approximate surface area is 152 Å². The lowest BCUT2D eigenvalue weighted by Crippen LogP contribution is -2.25. The van der Waals surface area contributed by atoms with Gasteiger partial charge in [0.05, 0.1) is 17.6 Å². The van der Waals surface area contributed by atoms with Crippen molar-refractivity contribution in [1.29, 1.82) is 0 Å². The molecule has 1 N–H and O–H groups in total. The van der Waals surface area contributed by atoms with Gasteiger partial charge in [-0.3, -0.25) is 0 Å². The smallest absolute Gasteiger partial charge is 0.0890 e. The van der Waals surface area contributed by atoms with Gasteiger partial charge in [0.15, 0.2) is 0 Å². The predicted molar refractivity (Wildman–Crippen MR) is 108 cm³/mol. The van der Waals surface area contributed by atoms with Crippen LogP contribution in [0.4, 0.5) is 0 Å². The summed E-state index contributed by atoms with van der Waals surface area (Å²) in [5, 5.41) is 10.2. The van der Waals surface area contributed by atoms with Crippen LogP contribution in [0.2, 0.25) is 0 Å². The zero-order valence-electron chi connectivity index (χ0n) is 14.7. The molecule has 0 spiro atoms. The standard InChI is InChI=1S/C21H21N3S/c1-14-9-10-17-16(11-14)20-19(23-17)18(12-21(2,3)25-20)24-22-13-15-7-5-4-6-8-15/h4-11,13,23H,12H2,1-3H3/b22-13+,24-18+. The fourth-order valence-corrected chi connectivity index (χ4v) is 4.50. The summed E-state index contributed by atoms with van der Waals surface area (Å²) in [6, 6.07) is 16.6. The van der Waals surface area contributed by atoms with Crippen molar-refractivity contribution in [1.82, 2.24) is 4.98 Å². The molecule has 3 nitrogen and oxygen atoms in total. The molecule has 1 aliphatic rings. The van der Waals surface area contributed by atoms with Gasteiger partial charge in [-0.05, 0) is 38.5 Å². The molecule has 0 fully saturated rings. The van der Waals surface area contributed by atoms with Crippen LogP contribution in [0, 0.1) is 6.92 Å². The van der Waals surface area contributed by atoms with Crippen LogP contribution in [-0.4, -0.2) is 21.7 Å². The van der Waals surface area contributed by atoms with Crippen molar-refractivity contribution in [2.75, 3.05) is 0 Å². The summed E-state index contributed by atoms with van der Waals surface area (Å²) >= 11 is 1.93. The first-order valence-electron chi connectivity index (χ1n) is 8.48. The molecule has 0 unspecified atom stereocenters. The Hall–Kier alpha value is -2.33. The molecule has 1 aliphatic heterocycles. The van der Waals surface area contributed by atoms with Crippen molar-refractivity contribution >= 4 is 34.6 Å². The Morgan fingerprint density at radius 2 is 1.92 bits per heavy atom. The molecule has 0 radical (unpaired) electrons. The molecule has 25 heavy (non-hydrogen) atoms. The number of benzene rings is 2. The summed E-state index contributed by atoms with van der Waals surface area (Å²) in [5.74, 6) is 0. The van der Waals surface area contributed by atoms with E-state index >= 15 is 0 Å². The van der Waals surface area contributed by atoms with E-state index in [-0.39, 0.29) is 4.75 Å². The lowest BCUT2D eigenvalue weighted by atomic mass is 10.0. The number of rotatable bonds is 2. The van der Waals surface area contributed by atoms with Crippen LogP contribution in [-0.2, 0) is 0 Å². The van der Waals surface area contributed by atoms with Gasteiger partial charge < -0.3 is 4.98 Å². The number of H-pyrrole nitrogens is 1. The van der Waals surface area contributed by atoms with E-state index < -0.39 is 0 Å². The molecule has 126 valence electrons. The zero-order chi connectivity index (χ0) is 17.4. The Balaban J connectivity index is 1.78. The van der Waals surface area contributed by atoms with E-state index in [9.17, 15) is 0 Å².